The molecule has 2 N–H and O–H groups in total. The lowest BCUT2D eigenvalue weighted by Gasteiger charge is -2.26. The first kappa shape index (κ1) is 17.4. The van der Waals surface area contributed by atoms with Gasteiger partial charge in [0.25, 0.3) is 5.91 Å². The molecule has 124 valence electrons. The Labute approximate surface area is 134 Å². The number of amides is 1. The van der Waals surface area contributed by atoms with Crippen LogP contribution in [0, 0.1) is 0 Å². The lowest BCUT2D eigenvalue weighted by Crippen LogP contribution is -2.41. The molecule has 0 unspecified atom stereocenters. The Morgan fingerprint density at radius 2 is 2.09 bits per heavy atom. The summed E-state index contributed by atoms with van der Waals surface area (Å²) in [6.07, 6.45) is 0.791. The number of carbonyl (C=O) groups is 1. The zero-order valence-corrected chi connectivity index (χ0v) is 14.1. The number of nitrogens with zero attached hydrogens (tertiary/aromatic N) is 1. The maximum atomic E-state index is 12.6. The van der Waals surface area contributed by atoms with Crippen LogP contribution in [-0.2, 0) is 14.8 Å². The van der Waals surface area contributed by atoms with Crippen LogP contribution in [0.5, 0.6) is 0 Å². The molecule has 1 aliphatic heterocycles. The van der Waals surface area contributed by atoms with E-state index >= 15 is 0 Å². The molecule has 0 saturated carbocycles. The van der Waals surface area contributed by atoms with Crippen molar-refractivity contribution in [1.82, 2.24) is 14.9 Å². The van der Waals surface area contributed by atoms with Crippen molar-refractivity contribution in [3.05, 3.63) is 16.3 Å². The minimum atomic E-state index is -3.64. The lowest BCUT2D eigenvalue weighted by molar-refractivity contribution is 0.0730. The fourth-order valence-electron chi connectivity index (χ4n) is 2.14. The minimum Gasteiger partial charge on any atom is -0.379 e. The third kappa shape index (κ3) is 4.05. The van der Waals surface area contributed by atoms with Crippen LogP contribution in [0.3, 0.4) is 0 Å². The largest absolute Gasteiger partial charge is 0.379 e. The molecule has 9 heteroatoms. The van der Waals surface area contributed by atoms with Crippen LogP contribution >= 0.6 is 11.3 Å². The summed E-state index contributed by atoms with van der Waals surface area (Å²) in [5.74, 6) is -0.335. The van der Waals surface area contributed by atoms with Crippen molar-refractivity contribution in [2.24, 2.45) is 0 Å². The molecule has 1 aliphatic rings. The van der Waals surface area contributed by atoms with E-state index in [1.165, 1.54) is 10.4 Å². The standard InChI is InChI=1S/C13H21N3O4S2/c1-14-4-2-5-15-13(17)12-11(3-10-21-12)22(18,19)16-6-8-20-9-7-16/h3,10,14H,2,4-9H2,1H3,(H,15,17). The van der Waals surface area contributed by atoms with E-state index in [0.717, 1.165) is 24.3 Å². The van der Waals surface area contributed by atoms with E-state index < -0.39 is 10.0 Å². The summed E-state index contributed by atoms with van der Waals surface area (Å²) in [7, 11) is -1.80. The van der Waals surface area contributed by atoms with Crippen LogP contribution in [0.2, 0.25) is 0 Å². The molecule has 0 aromatic carbocycles. The quantitative estimate of drug-likeness (QED) is 0.684. The first-order valence-electron chi connectivity index (χ1n) is 7.15. The molecule has 2 rings (SSSR count). The van der Waals surface area contributed by atoms with Crippen molar-refractivity contribution in [2.45, 2.75) is 11.3 Å². The molecule has 1 amide bonds. The zero-order chi connectivity index (χ0) is 16.0. The van der Waals surface area contributed by atoms with Gasteiger partial charge in [-0.05, 0) is 31.5 Å². The van der Waals surface area contributed by atoms with Gasteiger partial charge in [-0.25, -0.2) is 8.42 Å². The number of nitrogens with one attached hydrogen (secondary N) is 2. The molecule has 2 heterocycles. The lowest BCUT2D eigenvalue weighted by atomic mass is 10.4. The average Bonchev–Trinajstić information content (AvgIpc) is 3.03. The van der Waals surface area contributed by atoms with E-state index in [9.17, 15) is 13.2 Å². The van der Waals surface area contributed by atoms with Crippen molar-refractivity contribution >= 4 is 27.3 Å². The second-order valence-corrected chi connectivity index (χ2v) is 7.67. The first-order chi connectivity index (χ1) is 10.6. The predicted octanol–water partition coefficient (Wildman–Crippen LogP) is 0.108. The van der Waals surface area contributed by atoms with Crippen molar-refractivity contribution < 1.29 is 17.9 Å². The van der Waals surface area contributed by atoms with Crippen LogP contribution in [0.4, 0.5) is 0 Å². The number of carbonyl (C=O) groups excluding carboxylic acids is 1. The summed E-state index contributed by atoms with van der Waals surface area (Å²) in [5.41, 5.74) is 0. The highest BCUT2D eigenvalue weighted by Crippen LogP contribution is 2.25. The minimum absolute atomic E-state index is 0.0884. The fraction of sp³-hybridized carbons (Fsp3) is 0.615. The number of hydrogen-bond acceptors (Lipinski definition) is 6. The smallest absolute Gasteiger partial charge is 0.262 e. The Kier molecular flexibility index (Phi) is 6.33. The molecule has 0 bridgehead atoms. The third-order valence-electron chi connectivity index (χ3n) is 3.31. The van der Waals surface area contributed by atoms with Crippen molar-refractivity contribution in [3.8, 4) is 0 Å². The van der Waals surface area contributed by atoms with Gasteiger partial charge in [-0.15, -0.1) is 11.3 Å². The Morgan fingerprint density at radius 1 is 1.36 bits per heavy atom. The normalized spacial score (nSPS) is 16.6. The maximum absolute atomic E-state index is 12.6. The molecule has 22 heavy (non-hydrogen) atoms. The van der Waals surface area contributed by atoms with Gasteiger partial charge in [0, 0.05) is 19.6 Å². The van der Waals surface area contributed by atoms with Gasteiger partial charge in [-0.1, -0.05) is 0 Å². The molecule has 1 aromatic rings. The molecular formula is C13H21N3O4S2. The average molecular weight is 347 g/mol. The van der Waals surface area contributed by atoms with Gasteiger partial charge in [0.2, 0.25) is 10.0 Å². The molecule has 1 aromatic heterocycles. The highest BCUT2D eigenvalue weighted by molar-refractivity contribution is 7.89. The van der Waals surface area contributed by atoms with Crippen LogP contribution < -0.4 is 10.6 Å². The highest BCUT2D eigenvalue weighted by atomic mass is 32.2. The fourth-order valence-corrected chi connectivity index (χ4v) is 4.86. The van der Waals surface area contributed by atoms with Gasteiger partial charge in [-0.3, -0.25) is 4.79 Å². The van der Waals surface area contributed by atoms with Crippen molar-refractivity contribution in [3.63, 3.8) is 0 Å². The van der Waals surface area contributed by atoms with E-state index in [2.05, 4.69) is 10.6 Å². The van der Waals surface area contributed by atoms with E-state index in [1.807, 2.05) is 7.05 Å². The number of morpholine rings is 1. The van der Waals surface area contributed by atoms with Crippen molar-refractivity contribution in [2.75, 3.05) is 46.4 Å². The Hall–Kier alpha value is -1.00. The summed E-state index contributed by atoms with van der Waals surface area (Å²) in [6.45, 7) is 2.71. The Balaban J connectivity index is 2.09. The van der Waals surface area contributed by atoms with Crippen LogP contribution in [0.1, 0.15) is 16.1 Å². The SMILES string of the molecule is CNCCCNC(=O)c1sccc1S(=O)(=O)N1CCOCC1. The van der Waals surface area contributed by atoms with E-state index in [1.54, 1.807) is 5.38 Å². The number of ether oxygens (including phenoxy) is 1. The topological polar surface area (TPSA) is 87.7 Å². The van der Waals surface area contributed by atoms with Crippen LogP contribution in [0.25, 0.3) is 0 Å². The van der Waals surface area contributed by atoms with Crippen molar-refractivity contribution in [1.29, 1.82) is 0 Å². The van der Waals surface area contributed by atoms with E-state index in [4.69, 9.17) is 4.74 Å². The second kappa shape index (κ2) is 8.02. The Bertz CT molecular complexity index is 594. The van der Waals surface area contributed by atoms with Gasteiger partial charge in [-0.2, -0.15) is 4.31 Å². The van der Waals surface area contributed by atoms with Gasteiger partial charge in [0.15, 0.2) is 0 Å². The molecule has 0 aliphatic carbocycles. The highest BCUT2D eigenvalue weighted by Gasteiger charge is 2.31. The molecular weight excluding hydrogens is 326 g/mol. The molecule has 7 nitrogen and oxygen atoms in total. The summed E-state index contributed by atoms with van der Waals surface area (Å²) in [5, 5.41) is 7.39. The Morgan fingerprint density at radius 3 is 2.77 bits per heavy atom. The maximum Gasteiger partial charge on any atom is 0.262 e. The summed E-state index contributed by atoms with van der Waals surface area (Å²) < 4.78 is 31.8. The molecule has 0 radical (unpaired) electrons. The molecule has 1 saturated heterocycles. The van der Waals surface area contributed by atoms with Crippen LogP contribution in [-0.4, -0.2) is 65.1 Å². The van der Waals surface area contributed by atoms with Crippen LogP contribution in [0.15, 0.2) is 16.3 Å². The van der Waals surface area contributed by atoms with Gasteiger partial charge in [0.05, 0.1) is 13.2 Å². The molecule has 0 atom stereocenters. The van der Waals surface area contributed by atoms with Gasteiger partial charge >= 0.3 is 0 Å². The van der Waals surface area contributed by atoms with Gasteiger partial charge in [0.1, 0.15) is 9.77 Å². The summed E-state index contributed by atoms with van der Waals surface area (Å²) in [4.78, 5) is 12.5. The van der Waals surface area contributed by atoms with Gasteiger partial charge < -0.3 is 15.4 Å². The zero-order valence-electron chi connectivity index (χ0n) is 12.5. The molecule has 0 spiro atoms. The first-order valence-corrected chi connectivity index (χ1v) is 9.47. The predicted molar refractivity (Wildman–Crippen MR) is 84.8 cm³/mol. The second-order valence-electron chi connectivity index (χ2n) is 4.84. The monoisotopic (exact) mass is 347 g/mol. The summed E-state index contributed by atoms with van der Waals surface area (Å²) in [6, 6.07) is 1.50. The van der Waals surface area contributed by atoms with E-state index in [0.29, 0.717) is 32.8 Å². The number of rotatable bonds is 7. The third-order valence-corrected chi connectivity index (χ3v) is 6.30. The van der Waals surface area contributed by atoms with E-state index in [-0.39, 0.29) is 15.7 Å². The number of sulfonamides is 1. The summed E-state index contributed by atoms with van der Waals surface area (Å²) >= 11 is 1.15. The number of hydrogen-bond donors (Lipinski definition) is 2. The molecule has 1 fully saturated rings. The number of thiophene rings is 1.